The first kappa shape index (κ1) is 13.7. The molecular formula is C16H22N2O. The minimum absolute atomic E-state index is 0.842. The number of hydrogen-bond donors (Lipinski definition) is 1. The Hall–Kier alpha value is -1.77. The van der Waals surface area contributed by atoms with Gasteiger partial charge in [-0.2, -0.15) is 0 Å². The average molecular weight is 258 g/mol. The first-order valence-corrected chi connectivity index (χ1v) is 6.84. The van der Waals surface area contributed by atoms with Gasteiger partial charge in [0.05, 0.1) is 7.11 Å². The highest BCUT2D eigenvalue weighted by atomic mass is 16.5. The summed E-state index contributed by atoms with van der Waals surface area (Å²) in [6.45, 7) is 9.42. The summed E-state index contributed by atoms with van der Waals surface area (Å²) in [5, 5.41) is 4.67. The molecule has 19 heavy (non-hydrogen) atoms. The highest BCUT2D eigenvalue weighted by molar-refractivity contribution is 5.99. The Morgan fingerprint density at radius 2 is 1.95 bits per heavy atom. The Labute approximate surface area is 115 Å². The molecule has 102 valence electrons. The summed E-state index contributed by atoms with van der Waals surface area (Å²) < 4.78 is 5.46. The summed E-state index contributed by atoms with van der Waals surface area (Å²) >= 11 is 0. The zero-order valence-corrected chi connectivity index (χ0v) is 12.4. The standard InChI is InChI=1S/C16H22N2O/c1-6-12-11(4)15(17-7-2)14-10(3)8-9-13(19-5)16(14)18-12/h8-9H,6-7H2,1-5H3,(H,17,18). The number of benzene rings is 1. The Morgan fingerprint density at radius 1 is 1.21 bits per heavy atom. The van der Waals surface area contributed by atoms with Crippen LogP contribution in [0.25, 0.3) is 10.9 Å². The van der Waals surface area contributed by atoms with Gasteiger partial charge in [-0.15, -0.1) is 0 Å². The SMILES string of the molecule is CCNc1c(C)c(CC)nc2c(OC)ccc(C)c12. The molecule has 1 N–H and O–H groups in total. The number of hydrogen-bond acceptors (Lipinski definition) is 3. The van der Waals surface area contributed by atoms with Crippen molar-refractivity contribution >= 4 is 16.6 Å². The van der Waals surface area contributed by atoms with E-state index in [9.17, 15) is 0 Å². The van der Waals surface area contributed by atoms with E-state index in [-0.39, 0.29) is 0 Å². The van der Waals surface area contributed by atoms with Crippen molar-refractivity contribution in [2.45, 2.75) is 34.1 Å². The topological polar surface area (TPSA) is 34.2 Å². The van der Waals surface area contributed by atoms with Crippen molar-refractivity contribution in [2.75, 3.05) is 19.0 Å². The lowest BCUT2D eigenvalue weighted by Crippen LogP contribution is -2.06. The Bertz CT molecular complexity index is 605. The molecule has 0 bridgehead atoms. The van der Waals surface area contributed by atoms with E-state index >= 15 is 0 Å². The molecule has 0 radical (unpaired) electrons. The van der Waals surface area contributed by atoms with Gasteiger partial charge in [0.15, 0.2) is 0 Å². The number of nitrogens with zero attached hydrogens (tertiary/aromatic N) is 1. The van der Waals surface area contributed by atoms with Crippen LogP contribution in [0.15, 0.2) is 12.1 Å². The number of anilines is 1. The lowest BCUT2D eigenvalue weighted by atomic mass is 10.0. The fraction of sp³-hybridized carbons (Fsp3) is 0.438. The van der Waals surface area contributed by atoms with Gasteiger partial charge in [-0.3, -0.25) is 0 Å². The third kappa shape index (κ3) is 2.25. The van der Waals surface area contributed by atoms with Crippen LogP contribution in [0.4, 0.5) is 5.69 Å². The Kier molecular flexibility index (Phi) is 3.93. The number of ether oxygens (including phenoxy) is 1. The molecule has 0 aliphatic carbocycles. The number of methoxy groups -OCH3 is 1. The van der Waals surface area contributed by atoms with Gasteiger partial charge in [0.2, 0.25) is 0 Å². The van der Waals surface area contributed by atoms with E-state index in [1.165, 1.54) is 22.2 Å². The number of nitrogens with one attached hydrogen (secondary N) is 1. The maximum atomic E-state index is 5.46. The van der Waals surface area contributed by atoms with E-state index in [4.69, 9.17) is 9.72 Å². The summed E-state index contributed by atoms with van der Waals surface area (Å²) in [6.07, 6.45) is 0.928. The molecule has 1 aromatic carbocycles. The lowest BCUT2D eigenvalue weighted by Gasteiger charge is -2.17. The predicted octanol–water partition coefficient (Wildman–Crippen LogP) is 3.85. The quantitative estimate of drug-likeness (QED) is 0.904. The van der Waals surface area contributed by atoms with E-state index in [1.54, 1.807) is 7.11 Å². The van der Waals surface area contributed by atoms with Gasteiger partial charge in [0, 0.05) is 23.3 Å². The van der Waals surface area contributed by atoms with Gasteiger partial charge in [-0.05, 0) is 44.4 Å². The third-order valence-electron chi connectivity index (χ3n) is 3.56. The maximum Gasteiger partial charge on any atom is 0.145 e. The second kappa shape index (κ2) is 5.47. The molecule has 0 saturated heterocycles. The minimum atomic E-state index is 0.842. The molecular weight excluding hydrogens is 236 g/mol. The monoisotopic (exact) mass is 258 g/mol. The van der Waals surface area contributed by atoms with Crippen molar-refractivity contribution in [3.63, 3.8) is 0 Å². The Morgan fingerprint density at radius 3 is 2.53 bits per heavy atom. The number of fused-ring (bicyclic) bond motifs is 1. The molecule has 1 heterocycles. The van der Waals surface area contributed by atoms with Crippen LogP contribution in [0.1, 0.15) is 30.7 Å². The number of pyridine rings is 1. The maximum absolute atomic E-state index is 5.46. The second-order valence-corrected chi connectivity index (χ2v) is 4.75. The first-order chi connectivity index (χ1) is 9.13. The summed E-state index contributed by atoms with van der Waals surface area (Å²) in [6, 6.07) is 4.09. The van der Waals surface area contributed by atoms with Gasteiger partial charge >= 0.3 is 0 Å². The van der Waals surface area contributed by atoms with Gasteiger partial charge in [-0.25, -0.2) is 4.98 Å². The van der Waals surface area contributed by atoms with Crippen molar-refractivity contribution in [3.05, 3.63) is 29.0 Å². The second-order valence-electron chi connectivity index (χ2n) is 4.75. The van der Waals surface area contributed by atoms with Crippen LogP contribution in [0.5, 0.6) is 5.75 Å². The van der Waals surface area contributed by atoms with E-state index in [0.29, 0.717) is 0 Å². The van der Waals surface area contributed by atoms with E-state index < -0.39 is 0 Å². The molecule has 3 nitrogen and oxygen atoms in total. The third-order valence-corrected chi connectivity index (χ3v) is 3.56. The molecule has 0 saturated carbocycles. The van der Waals surface area contributed by atoms with Crippen molar-refractivity contribution in [1.82, 2.24) is 4.98 Å². The predicted molar refractivity (Wildman–Crippen MR) is 81.3 cm³/mol. The van der Waals surface area contributed by atoms with Gasteiger partial charge in [-0.1, -0.05) is 13.0 Å². The zero-order chi connectivity index (χ0) is 14.0. The van der Waals surface area contributed by atoms with E-state index in [1.807, 2.05) is 6.07 Å². The number of aromatic nitrogens is 1. The molecule has 0 unspecified atom stereocenters. The fourth-order valence-corrected chi connectivity index (χ4v) is 2.56. The largest absolute Gasteiger partial charge is 0.494 e. The Balaban J connectivity index is 2.90. The molecule has 2 aromatic rings. The van der Waals surface area contributed by atoms with Crippen molar-refractivity contribution in [3.8, 4) is 5.75 Å². The first-order valence-electron chi connectivity index (χ1n) is 6.84. The molecule has 0 atom stereocenters. The zero-order valence-electron chi connectivity index (χ0n) is 12.4. The molecule has 0 amide bonds. The summed E-state index contributed by atoms with van der Waals surface area (Å²) in [5.41, 5.74) is 5.76. The average Bonchev–Trinajstić information content (AvgIpc) is 2.42. The van der Waals surface area contributed by atoms with Crippen LogP contribution in [0.3, 0.4) is 0 Å². The van der Waals surface area contributed by atoms with E-state index in [0.717, 1.165) is 29.9 Å². The number of aryl methyl sites for hydroxylation is 2. The molecule has 0 aliphatic heterocycles. The minimum Gasteiger partial charge on any atom is -0.494 e. The van der Waals surface area contributed by atoms with Crippen molar-refractivity contribution in [2.24, 2.45) is 0 Å². The van der Waals surface area contributed by atoms with Crippen LogP contribution >= 0.6 is 0 Å². The van der Waals surface area contributed by atoms with Crippen molar-refractivity contribution < 1.29 is 4.74 Å². The summed E-state index contributed by atoms with van der Waals surface area (Å²) in [7, 11) is 1.70. The van der Waals surface area contributed by atoms with Gasteiger partial charge in [0.1, 0.15) is 11.3 Å². The summed E-state index contributed by atoms with van der Waals surface area (Å²) in [5.74, 6) is 0.842. The van der Waals surface area contributed by atoms with Crippen LogP contribution in [0, 0.1) is 13.8 Å². The van der Waals surface area contributed by atoms with Crippen LogP contribution in [-0.4, -0.2) is 18.6 Å². The van der Waals surface area contributed by atoms with Gasteiger partial charge < -0.3 is 10.1 Å². The highest BCUT2D eigenvalue weighted by Gasteiger charge is 2.15. The van der Waals surface area contributed by atoms with Crippen LogP contribution in [0.2, 0.25) is 0 Å². The molecule has 1 aromatic heterocycles. The fourth-order valence-electron chi connectivity index (χ4n) is 2.56. The molecule has 0 spiro atoms. The lowest BCUT2D eigenvalue weighted by molar-refractivity contribution is 0.418. The van der Waals surface area contributed by atoms with Gasteiger partial charge in [0.25, 0.3) is 0 Å². The van der Waals surface area contributed by atoms with Crippen molar-refractivity contribution in [1.29, 1.82) is 0 Å². The highest BCUT2D eigenvalue weighted by Crippen LogP contribution is 2.35. The molecule has 0 fully saturated rings. The van der Waals surface area contributed by atoms with Crippen LogP contribution in [-0.2, 0) is 6.42 Å². The smallest absolute Gasteiger partial charge is 0.145 e. The van der Waals surface area contributed by atoms with E-state index in [2.05, 4.69) is 39.1 Å². The summed E-state index contributed by atoms with van der Waals surface area (Å²) in [4.78, 5) is 4.80. The molecule has 0 aliphatic rings. The number of rotatable bonds is 4. The molecule has 3 heteroatoms. The molecule has 2 rings (SSSR count). The van der Waals surface area contributed by atoms with Crippen LogP contribution < -0.4 is 10.1 Å². The normalized spacial score (nSPS) is 10.8.